The monoisotopic (exact) mass is 252 g/mol. The summed E-state index contributed by atoms with van der Waals surface area (Å²) in [5, 5.41) is 0. The lowest BCUT2D eigenvalue weighted by Crippen LogP contribution is -2.49. The van der Waals surface area contributed by atoms with Gasteiger partial charge in [-0.25, -0.2) is 4.98 Å². The number of hydrogen-bond donors (Lipinski definition) is 2. The van der Waals surface area contributed by atoms with E-state index in [0.29, 0.717) is 12.3 Å². The van der Waals surface area contributed by atoms with Gasteiger partial charge in [0.15, 0.2) is 0 Å². The molecule has 0 spiro atoms. The Balaban J connectivity index is 2.39. The molecule has 5 nitrogen and oxygen atoms in total. The van der Waals surface area contributed by atoms with Crippen LogP contribution in [-0.4, -0.2) is 21.0 Å². The molecule has 4 N–H and O–H groups in total. The molecule has 1 rings (SSSR count). The molecule has 0 aliphatic carbocycles. The minimum absolute atomic E-state index is 0.422. The third kappa shape index (κ3) is 3.84. The Hall–Kier alpha value is -1.36. The third-order valence-corrected chi connectivity index (χ3v) is 3.17. The van der Waals surface area contributed by atoms with Gasteiger partial charge in [-0.3, -0.25) is 4.79 Å². The summed E-state index contributed by atoms with van der Waals surface area (Å²) in [5.41, 5.74) is 10.1. The Morgan fingerprint density at radius 1 is 1.50 bits per heavy atom. The van der Waals surface area contributed by atoms with Gasteiger partial charge in [0.2, 0.25) is 5.91 Å². The van der Waals surface area contributed by atoms with Crippen molar-refractivity contribution in [3.05, 3.63) is 18.2 Å². The van der Waals surface area contributed by atoms with Crippen LogP contribution in [0.5, 0.6) is 0 Å². The van der Waals surface area contributed by atoms with Gasteiger partial charge in [-0.05, 0) is 26.2 Å². The molecular formula is C13H24N4O. The van der Waals surface area contributed by atoms with E-state index in [0.717, 1.165) is 25.2 Å². The lowest BCUT2D eigenvalue weighted by molar-refractivity contribution is -0.122. The van der Waals surface area contributed by atoms with Crippen LogP contribution in [0.4, 0.5) is 0 Å². The number of rotatable bonds is 7. The number of amides is 1. The van der Waals surface area contributed by atoms with Gasteiger partial charge in [0.25, 0.3) is 0 Å². The minimum atomic E-state index is -0.893. The highest BCUT2D eigenvalue weighted by Crippen LogP contribution is 2.14. The van der Waals surface area contributed by atoms with E-state index in [9.17, 15) is 4.79 Å². The molecule has 0 aliphatic heterocycles. The first kappa shape index (κ1) is 14.7. The summed E-state index contributed by atoms with van der Waals surface area (Å²) in [6.45, 7) is 6.85. The number of carbonyl (C=O) groups is 1. The maximum Gasteiger partial charge on any atom is 0.237 e. The molecule has 0 saturated heterocycles. The fourth-order valence-electron chi connectivity index (χ4n) is 1.91. The van der Waals surface area contributed by atoms with Crippen LogP contribution in [0, 0.1) is 0 Å². The van der Waals surface area contributed by atoms with Crippen molar-refractivity contribution in [2.45, 2.75) is 58.0 Å². The second-order valence-electron chi connectivity index (χ2n) is 5.37. The maximum atomic E-state index is 11.1. The minimum Gasteiger partial charge on any atom is -0.368 e. The van der Waals surface area contributed by atoms with E-state index in [2.05, 4.69) is 23.4 Å². The average molecular weight is 252 g/mol. The molecule has 1 heterocycles. The van der Waals surface area contributed by atoms with Gasteiger partial charge in [0.1, 0.15) is 5.82 Å². The molecule has 102 valence electrons. The first-order valence-electron chi connectivity index (χ1n) is 6.44. The summed E-state index contributed by atoms with van der Waals surface area (Å²) in [5.74, 6) is 1.08. The molecule has 0 aromatic carbocycles. The lowest BCUT2D eigenvalue weighted by atomic mass is 9.95. The quantitative estimate of drug-likeness (QED) is 0.719. The molecule has 1 atom stereocenters. The number of imidazole rings is 1. The lowest BCUT2D eigenvalue weighted by Gasteiger charge is -2.20. The van der Waals surface area contributed by atoms with Crippen LogP contribution in [-0.2, 0) is 11.3 Å². The summed E-state index contributed by atoms with van der Waals surface area (Å²) in [7, 11) is 0. The Kier molecular flexibility index (Phi) is 4.90. The highest BCUT2D eigenvalue weighted by atomic mass is 16.1. The predicted octanol–water partition coefficient (Wildman–Crippen LogP) is 1.38. The first-order chi connectivity index (χ1) is 8.34. The maximum absolute atomic E-state index is 11.1. The van der Waals surface area contributed by atoms with E-state index >= 15 is 0 Å². The summed E-state index contributed by atoms with van der Waals surface area (Å²) in [4.78, 5) is 15.4. The van der Waals surface area contributed by atoms with Crippen LogP contribution in [0.25, 0.3) is 0 Å². The zero-order valence-corrected chi connectivity index (χ0v) is 11.5. The highest BCUT2D eigenvalue weighted by Gasteiger charge is 2.24. The van der Waals surface area contributed by atoms with Crippen molar-refractivity contribution in [3.63, 3.8) is 0 Å². The second kappa shape index (κ2) is 6.00. The molecule has 18 heavy (non-hydrogen) atoms. The van der Waals surface area contributed by atoms with Gasteiger partial charge in [0.05, 0.1) is 5.54 Å². The number of hydrogen-bond acceptors (Lipinski definition) is 3. The number of nitrogens with two attached hydrogens (primary N) is 2. The summed E-state index contributed by atoms with van der Waals surface area (Å²) >= 11 is 0. The van der Waals surface area contributed by atoms with Crippen LogP contribution in [0.1, 0.15) is 51.8 Å². The first-order valence-corrected chi connectivity index (χ1v) is 6.44. The van der Waals surface area contributed by atoms with Crippen LogP contribution in [0.2, 0.25) is 0 Å². The largest absolute Gasteiger partial charge is 0.368 e. The number of aryl methyl sites for hydroxylation is 1. The SMILES string of the molecule is CC(C)c1nccn1CCCCC(C)(N)C(N)=O. The number of carbonyl (C=O) groups excluding carboxylic acids is 1. The molecule has 0 fully saturated rings. The number of aromatic nitrogens is 2. The molecule has 1 aromatic rings. The van der Waals surface area contributed by atoms with Gasteiger partial charge in [-0.2, -0.15) is 0 Å². The fraction of sp³-hybridized carbons (Fsp3) is 0.692. The van der Waals surface area contributed by atoms with Crippen molar-refractivity contribution in [1.29, 1.82) is 0 Å². The average Bonchev–Trinajstić information content (AvgIpc) is 2.72. The zero-order chi connectivity index (χ0) is 13.8. The van der Waals surface area contributed by atoms with Gasteiger partial charge in [0, 0.05) is 24.9 Å². The molecule has 0 radical (unpaired) electrons. The number of nitrogens with zero attached hydrogens (tertiary/aromatic N) is 2. The van der Waals surface area contributed by atoms with Crippen molar-refractivity contribution in [1.82, 2.24) is 9.55 Å². The number of unbranched alkanes of at least 4 members (excludes halogenated alkanes) is 1. The van der Waals surface area contributed by atoms with Gasteiger partial charge < -0.3 is 16.0 Å². The molecule has 0 aliphatic rings. The van der Waals surface area contributed by atoms with Crippen molar-refractivity contribution >= 4 is 5.91 Å². The molecule has 0 saturated carbocycles. The standard InChI is InChI=1S/C13H24N4O/c1-10(2)11-16-7-9-17(11)8-5-4-6-13(3,15)12(14)18/h7,9-10H,4-6,8,15H2,1-3H3,(H2,14,18). The topological polar surface area (TPSA) is 86.9 Å². The van der Waals surface area contributed by atoms with E-state index < -0.39 is 11.4 Å². The fourth-order valence-corrected chi connectivity index (χ4v) is 1.91. The van der Waals surface area contributed by atoms with E-state index in [-0.39, 0.29) is 0 Å². The molecule has 1 unspecified atom stereocenters. The Labute approximate surface area is 109 Å². The zero-order valence-electron chi connectivity index (χ0n) is 11.5. The Bertz CT molecular complexity index is 395. The van der Waals surface area contributed by atoms with Crippen LogP contribution in [0.15, 0.2) is 12.4 Å². The van der Waals surface area contributed by atoms with Crippen molar-refractivity contribution in [2.75, 3.05) is 0 Å². The second-order valence-corrected chi connectivity index (χ2v) is 5.37. The normalized spacial score (nSPS) is 14.7. The summed E-state index contributed by atoms with van der Waals surface area (Å²) in [6.07, 6.45) is 6.28. The van der Waals surface area contributed by atoms with Crippen LogP contribution >= 0.6 is 0 Å². The molecule has 0 bridgehead atoms. The molecule has 5 heteroatoms. The third-order valence-electron chi connectivity index (χ3n) is 3.17. The van der Waals surface area contributed by atoms with Crippen molar-refractivity contribution < 1.29 is 4.79 Å². The van der Waals surface area contributed by atoms with Gasteiger partial charge >= 0.3 is 0 Å². The van der Waals surface area contributed by atoms with Gasteiger partial charge in [-0.15, -0.1) is 0 Å². The smallest absolute Gasteiger partial charge is 0.237 e. The number of primary amides is 1. The van der Waals surface area contributed by atoms with Crippen LogP contribution < -0.4 is 11.5 Å². The molecule has 1 amide bonds. The summed E-state index contributed by atoms with van der Waals surface area (Å²) < 4.78 is 2.16. The molecular weight excluding hydrogens is 228 g/mol. The highest BCUT2D eigenvalue weighted by molar-refractivity contribution is 5.83. The Morgan fingerprint density at radius 3 is 2.72 bits per heavy atom. The van der Waals surface area contributed by atoms with E-state index in [1.807, 2.05) is 12.4 Å². The summed E-state index contributed by atoms with van der Waals surface area (Å²) in [6, 6.07) is 0. The Morgan fingerprint density at radius 2 is 2.17 bits per heavy atom. The predicted molar refractivity (Wildman–Crippen MR) is 72.0 cm³/mol. The van der Waals surface area contributed by atoms with Crippen molar-refractivity contribution in [2.24, 2.45) is 11.5 Å². The van der Waals surface area contributed by atoms with Crippen molar-refractivity contribution in [3.8, 4) is 0 Å². The molecule has 1 aromatic heterocycles. The van der Waals surface area contributed by atoms with E-state index in [4.69, 9.17) is 11.5 Å². The van der Waals surface area contributed by atoms with Gasteiger partial charge in [-0.1, -0.05) is 13.8 Å². The van der Waals surface area contributed by atoms with E-state index in [1.54, 1.807) is 6.92 Å². The van der Waals surface area contributed by atoms with E-state index in [1.165, 1.54) is 0 Å². The van der Waals surface area contributed by atoms with Crippen LogP contribution in [0.3, 0.4) is 0 Å².